The van der Waals surface area contributed by atoms with Crippen molar-refractivity contribution in [2.75, 3.05) is 11.9 Å². The van der Waals surface area contributed by atoms with Crippen LogP contribution in [0.4, 0.5) is 5.69 Å². The molecule has 27 heavy (non-hydrogen) atoms. The number of amides is 1. The number of esters is 1. The van der Waals surface area contributed by atoms with Crippen molar-refractivity contribution >= 4 is 60.2 Å². The van der Waals surface area contributed by atoms with E-state index in [1.165, 1.54) is 6.07 Å². The van der Waals surface area contributed by atoms with Gasteiger partial charge in [0.1, 0.15) is 11.3 Å². The molecule has 0 aliphatic carbocycles. The molecule has 3 rings (SSSR count). The fourth-order valence-corrected chi connectivity index (χ4v) is 4.24. The van der Waals surface area contributed by atoms with Gasteiger partial charge in [-0.3, -0.25) is 4.79 Å². The van der Waals surface area contributed by atoms with E-state index in [4.69, 9.17) is 4.74 Å². The summed E-state index contributed by atoms with van der Waals surface area (Å²) in [5, 5.41) is 14.3. The van der Waals surface area contributed by atoms with E-state index < -0.39 is 18.5 Å². The topological polar surface area (TPSA) is 75.6 Å². The fourth-order valence-electron chi connectivity index (χ4n) is 2.62. The normalized spacial score (nSPS) is 10.6. The Hall–Kier alpha value is -2.38. The van der Waals surface area contributed by atoms with E-state index in [2.05, 4.69) is 37.2 Å². The molecule has 0 spiro atoms. The Balaban J connectivity index is 1.69. The van der Waals surface area contributed by atoms with E-state index in [1.807, 2.05) is 31.2 Å². The van der Waals surface area contributed by atoms with Crippen molar-refractivity contribution in [3.8, 4) is 5.75 Å². The van der Waals surface area contributed by atoms with Crippen LogP contribution in [-0.4, -0.2) is 23.6 Å². The fraction of sp³-hybridized carbons (Fsp3) is 0.100. The number of rotatable bonds is 4. The summed E-state index contributed by atoms with van der Waals surface area (Å²) in [7, 11) is 0. The lowest BCUT2D eigenvalue weighted by atomic mass is 10.1. The quantitative estimate of drug-likeness (QED) is 0.492. The number of fused-ring (bicyclic) bond motifs is 1. The average molecular weight is 493 g/mol. The summed E-state index contributed by atoms with van der Waals surface area (Å²) in [6.45, 7) is 1.46. The van der Waals surface area contributed by atoms with Crippen molar-refractivity contribution in [3.63, 3.8) is 0 Å². The number of phenols is 1. The molecule has 0 unspecified atom stereocenters. The number of carbonyl (C=O) groups excluding carboxylic acids is 2. The van der Waals surface area contributed by atoms with Crippen LogP contribution in [0.1, 0.15) is 15.9 Å². The zero-order chi connectivity index (χ0) is 19.6. The molecule has 138 valence electrons. The molecule has 0 atom stereocenters. The highest BCUT2D eigenvalue weighted by Crippen LogP contribution is 2.32. The summed E-state index contributed by atoms with van der Waals surface area (Å²) in [6, 6.07) is 14.1. The summed E-state index contributed by atoms with van der Waals surface area (Å²) in [5.74, 6) is -1.42. The SMILES string of the molecule is Cc1cc(Br)c(NC(=O)COC(=O)c2ccc3ccccc3c2O)c(Br)c1. The van der Waals surface area contributed by atoms with Crippen molar-refractivity contribution in [1.29, 1.82) is 0 Å². The summed E-state index contributed by atoms with van der Waals surface area (Å²) < 4.78 is 6.47. The van der Waals surface area contributed by atoms with Crippen LogP contribution in [0.15, 0.2) is 57.5 Å². The van der Waals surface area contributed by atoms with Crippen molar-refractivity contribution < 1.29 is 19.4 Å². The van der Waals surface area contributed by atoms with Gasteiger partial charge >= 0.3 is 5.97 Å². The van der Waals surface area contributed by atoms with Crippen LogP contribution in [0.5, 0.6) is 5.75 Å². The highest BCUT2D eigenvalue weighted by molar-refractivity contribution is 9.11. The summed E-state index contributed by atoms with van der Waals surface area (Å²) in [6.07, 6.45) is 0. The Labute approximate surface area is 172 Å². The van der Waals surface area contributed by atoms with E-state index in [-0.39, 0.29) is 11.3 Å². The number of nitrogens with one attached hydrogen (secondary N) is 1. The first-order chi connectivity index (χ1) is 12.9. The highest BCUT2D eigenvalue weighted by Gasteiger charge is 2.17. The standard InChI is InChI=1S/C20H15Br2NO4/c1-11-8-15(21)18(16(22)9-11)23-17(24)10-27-20(26)14-7-6-12-4-2-3-5-13(12)19(14)25/h2-9,25H,10H2,1H3,(H,23,24). The van der Waals surface area contributed by atoms with E-state index in [0.29, 0.717) is 20.0 Å². The molecule has 0 saturated heterocycles. The zero-order valence-corrected chi connectivity index (χ0v) is 17.4. The summed E-state index contributed by atoms with van der Waals surface area (Å²) >= 11 is 6.78. The smallest absolute Gasteiger partial charge is 0.342 e. The van der Waals surface area contributed by atoms with Gasteiger partial charge in [0.2, 0.25) is 0 Å². The van der Waals surface area contributed by atoms with Gasteiger partial charge in [-0.15, -0.1) is 0 Å². The van der Waals surface area contributed by atoms with Gasteiger partial charge in [0.15, 0.2) is 6.61 Å². The van der Waals surface area contributed by atoms with E-state index >= 15 is 0 Å². The van der Waals surface area contributed by atoms with Crippen LogP contribution in [0.25, 0.3) is 10.8 Å². The van der Waals surface area contributed by atoms with Gasteiger partial charge in [-0.1, -0.05) is 30.3 Å². The van der Waals surface area contributed by atoms with Crippen LogP contribution in [-0.2, 0) is 9.53 Å². The number of hydrogen-bond acceptors (Lipinski definition) is 4. The Morgan fingerprint density at radius 3 is 2.44 bits per heavy atom. The Morgan fingerprint density at radius 1 is 1.07 bits per heavy atom. The number of halogens is 2. The van der Waals surface area contributed by atoms with Crippen LogP contribution in [0.3, 0.4) is 0 Å². The number of anilines is 1. The number of phenolic OH excluding ortho intramolecular Hbond substituents is 1. The number of hydrogen-bond donors (Lipinski definition) is 2. The van der Waals surface area contributed by atoms with E-state index in [9.17, 15) is 14.7 Å². The molecule has 7 heteroatoms. The predicted octanol–water partition coefficient (Wildman–Crippen LogP) is 5.17. The minimum Gasteiger partial charge on any atom is -0.506 e. The van der Waals surface area contributed by atoms with Gasteiger partial charge < -0.3 is 15.2 Å². The molecule has 5 nitrogen and oxygen atoms in total. The number of benzene rings is 3. The zero-order valence-electron chi connectivity index (χ0n) is 14.3. The van der Waals surface area contributed by atoms with Crippen LogP contribution in [0.2, 0.25) is 0 Å². The molecule has 1 amide bonds. The molecule has 0 aliphatic rings. The molecular weight excluding hydrogens is 478 g/mol. The molecule has 0 radical (unpaired) electrons. The van der Waals surface area contributed by atoms with E-state index in [1.54, 1.807) is 18.2 Å². The minimum atomic E-state index is -0.768. The first kappa shape index (κ1) is 19.4. The number of aromatic hydroxyl groups is 1. The molecular formula is C20H15Br2NO4. The molecule has 3 aromatic rings. The lowest BCUT2D eigenvalue weighted by Gasteiger charge is -2.12. The molecule has 0 aromatic heterocycles. The number of aryl methyl sites for hydroxylation is 1. The second kappa shape index (κ2) is 8.10. The third-order valence-electron chi connectivity index (χ3n) is 3.91. The van der Waals surface area contributed by atoms with Crippen molar-refractivity contribution in [1.82, 2.24) is 0 Å². The molecule has 0 saturated carbocycles. The predicted molar refractivity (Wildman–Crippen MR) is 111 cm³/mol. The second-order valence-electron chi connectivity index (χ2n) is 5.91. The first-order valence-corrected chi connectivity index (χ1v) is 9.58. The molecule has 0 heterocycles. The Bertz CT molecular complexity index is 1030. The van der Waals surface area contributed by atoms with Crippen LogP contribution >= 0.6 is 31.9 Å². The van der Waals surface area contributed by atoms with Gasteiger partial charge in [0, 0.05) is 14.3 Å². The van der Waals surface area contributed by atoms with Crippen LogP contribution < -0.4 is 5.32 Å². The summed E-state index contributed by atoms with van der Waals surface area (Å²) in [5.41, 5.74) is 1.58. The number of ether oxygens (including phenoxy) is 1. The van der Waals surface area contributed by atoms with Gasteiger partial charge in [0.05, 0.1) is 5.69 Å². The van der Waals surface area contributed by atoms with Crippen molar-refractivity contribution in [2.45, 2.75) is 6.92 Å². The molecule has 0 aliphatic heterocycles. The number of carbonyl (C=O) groups is 2. The first-order valence-electron chi connectivity index (χ1n) is 8.00. The average Bonchev–Trinajstić information content (AvgIpc) is 2.63. The van der Waals surface area contributed by atoms with Gasteiger partial charge in [-0.05, 0) is 67.9 Å². The van der Waals surface area contributed by atoms with Crippen molar-refractivity contribution in [3.05, 3.63) is 68.6 Å². The highest BCUT2D eigenvalue weighted by atomic mass is 79.9. The lowest BCUT2D eigenvalue weighted by Crippen LogP contribution is -2.21. The molecule has 0 fully saturated rings. The maximum absolute atomic E-state index is 12.3. The van der Waals surface area contributed by atoms with Gasteiger partial charge in [-0.2, -0.15) is 0 Å². The largest absolute Gasteiger partial charge is 0.506 e. The third-order valence-corrected chi connectivity index (χ3v) is 5.16. The second-order valence-corrected chi connectivity index (χ2v) is 7.62. The van der Waals surface area contributed by atoms with Gasteiger partial charge in [0.25, 0.3) is 5.91 Å². The third kappa shape index (κ3) is 4.31. The Morgan fingerprint density at radius 2 is 1.74 bits per heavy atom. The maximum Gasteiger partial charge on any atom is 0.342 e. The maximum atomic E-state index is 12.3. The lowest BCUT2D eigenvalue weighted by molar-refractivity contribution is -0.119. The van der Waals surface area contributed by atoms with Crippen molar-refractivity contribution in [2.24, 2.45) is 0 Å². The molecule has 3 aromatic carbocycles. The van der Waals surface area contributed by atoms with Gasteiger partial charge in [-0.25, -0.2) is 4.79 Å². The van der Waals surface area contributed by atoms with E-state index in [0.717, 1.165) is 10.9 Å². The molecule has 2 N–H and O–H groups in total. The van der Waals surface area contributed by atoms with Crippen LogP contribution in [0, 0.1) is 6.92 Å². The molecule has 0 bridgehead atoms. The minimum absolute atomic E-state index is 0.0131. The Kier molecular flexibility index (Phi) is 5.82. The monoisotopic (exact) mass is 491 g/mol. The summed E-state index contributed by atoms with van der Waals surface area (Å²) in [4.78, 5) is 24.4.